The van der Waals surface area contributed by atoms with Crippen LogP contribution in [-0.2, 0) is 4.74 Å². The summed E-state index contributed by atoms with van der Waals surface area (Å²) in [7, 11) is 0. The van der Waals surface area contributed by atoms with Gasteiger partial charge in [0, 0.05) is 29.1 Å². The zero-order valence-corrected chi connectivity index (χ0v) is 15.3. The molecule has 0 saturated carbocycles. The summed E-state index contributed by atoms with van der Waals surface area (Å²) < 4.78 is 42.8. The number of esters is 1. The van der Waals surface area contributed by atoms with E-state index in [0.717, 1.165) is 0 Å². The Labute approximate surface area is 164 Å². The van der Waals surface area contributed by atoms with Crippen LogP contribution in [0.1, 0.15) is 23.7 Å². The predicted molar refractivity (Wildman–Crippen MR) is 100 cm³/mol. The molecule has 2 aromatic carbocycles. The maximum atomic E-state index is 12.8. The minimum Gasteiger partial charge on any atom is -0.507 e. The van der Waals surface area contributed by atoms with E-state index in [1.165, 1.54) is 31.2 Å². The lowest BCUT2D eigenvalue weighted by Gasteiger charge is -2.19. The Balaban J connectivity index is 1.75. The average Bonchev–Trinajstić information content (AvgIpc) is 2.71. The standard InChI is InChI=1S/C21H17F3N2O3/c1-2-18(21(22,23)24)29-20(28)14-9-7-13(8-10-14)19-25-11-15(12-26-19)16-5-3-4-6-17(16)27/h3-12,18,27H,2H2,1H3. The van der Waals surface area contributed by atoms with Gasteiger partial charge in [-0.1, -0.05) is 37.3 Å². The minimum absolute atomic E-state index is 0.00211. The smallest absolute Gasteiger partial charge is 0.425 e. The van der Waals surface area contributed by atoms with Crippen molar-refractivity contribution in [1.29, 1.82) is 0 Å². The van der Waals surface area contributed by atoms with Crippen LogP contribution in [-0.4, -0.2) is 33.3 Å². The van der Waals surface area contributed by atoms with Gasteiger partial charge < -0.3 is 9.84 Å². The normalized spacial score (nSPS) is 12.4. The second-order valence-electron chi connectivity index (χ2n) is 6.23. The third kappa shape index (κ3) is 4.71. The number of alkyl halides is 3. The van der Waals surface area contributed by atoms with Crippen molar-refractivity contribution in [3.05, 3.63) is 66.5 Å². The van der Waals surface area contributed by atoms with Crippen molar-refractivity contribution in [3.8, 4) is 28.3 Å². The molecule has 0 radical (unpaired) electrons. The van der Waals surface area contributed by atoms with Gasteiger partial charge in [0.05, 0.1) is 5.56 Å². The number of aromatic nitrogens is 2. The lowest BCUT2D eigenvalue weighted by molar-refractivity contribution is -0.204. The van der Waals surface area contributed by atoms with Gasteiger partial charge in [0.15, 0.2) is 11.9 Å². The number of halogens is 3. The van der Waals surface area contributed by atoms with Crippen LogP contribution in [0.3, 0.4) is 0 Å². The molecule has 5 nitrogen and oxygen atoms in total. The zero-order valence-electron chi connectivity index (χ0n) is 15.3. The Morgan fingerprint density at radius 2 is 1.66 bits per heavy atom. The van der Waals surface area contributed by atoms with Crippen LogP contribution < -0.4 is 0 Å². The highest BCUT2D eigenvalue weighted by Crippen LogP contribution is 2.29. The van der Waals surface area contributed by atoms with E-state index in [0.29, 0.717) is 22.5 Å². The van der Waals surface area contributed by atoms with Gasteiger partial charge in [-0.2, -0.15) is 13.2 Å². The van der Waals surface area contributed by atoms with Crippen molar-refractivity contribution in [3.63, 3.8) is 0 Å². The van der Waals surface area contributed by atoms with Crippen molar-refractivity contribution in [2.24, 2.45) is 0 Å². The molecule has 3 aromatic rings. The minimum atomic E-state index is -4.60. The molecule has 3 rings (SSSR count). The largest absolute Gasteiger partial charge is 0.507 e. The number of nitrogens with zero attached hydrogens (tertiary/aromatic N) is 2. The molecule has 1 atom stereocenters. The fraction of sp³-hybridized carbons (Fsp3) is 0.190. The number of hydrogen-bond donors (Lipinski definition) is 1. The van der Waals surface area contributed by atoms with Crippen LogP contribution in [0.5, 0.6) is 5.75 Å². The highest BCUT2D eigenvalue weighted by atomic mass is 19.4. The number of hydrogen-bond acceptors (Lipinski definition) is 5. The van der Waals surface area contributed by atoms with E-state index in [9.17, 15) is 23.1 Å². The highest BCUT2D eigenvalue weighted by Gasteiger charge is 2.41. The molecule has 0 bridgehead atoms. The van der Waals surface area contributed by atoms with Crippen molar-refractivity contribution >= 4 is 5.97 Å². The number of carbonyl (C=O) groups excluding carboxylic acids is 1. The van der Waals surface area contributed by atoms with E-state index in [2.05, 4.69) is 14.7 Å². The van der Waals surface area contributed by atoms with Gasteiger partial charge in [0.2, 0.25) is 0 Å². The monoisotopic (exact) mass is 402 g/mol. The summed E-state index contributed by atoms with van der Waals surface area (Å²) in [5.74, 6) is -0.571. The van der Waals surface area contributed by atoms with Gasteiger partial charge in [-0.25, -0.2) is 14.8 Å². The number of aromatic hydroxyl groups is 1. The zero-order chi connectivity index (χ0) is 21.0. The molecule has 150 valence electrons. The lowest BCUT2D eigenvalue weighted by Crippen LogP contribution is -2.33. The van der Waals surface area contributed by atoms with Crippen molar-refractivity contribution in [2.45, 2.75) is 25.6 Å². The van der Waals surface area contributed by atoms with Crippen LogP contribution in [0.2, 0.25) is 0 Å². The summed E-state index contributed by atoms with van der Waals surface area (Å²) in [5, 5.41) is 9.89. The van der Waals surface area contributed by atoms with Crippen LogP contribution in [0.15, 0.2) is 60.9 Å². The molecular formula is C21H17F3N2O3. The first-order valence-electron chi connectivity index (χ1n) is 8.78. The number of carbonyl (C=O) groups is 1. The lowest BCUT2D eigenvalue weighted by atomic mass is 10.1. The molecule has 1 N–H and O–H groups in total. The van der Waals surface area contributed by atoms with E-state index in [-0.39, 0.29) is 17.7 Å². The average molecular weight is 402 g/mol. The van der Waals surface area contributed by atoms with Gasteiger partial charge >= 0.3 is 12.1 Å². The SMILES string of the molecule is CCC(OC(=O)c1ccc(-c2ncc(-c3ccccc3O)cn2)cc1)C(F)(F)F. The quantitative estimate of drug-likeness (QED) is 0.607. The summed E-state index contributed by atoms with van der Waals surface area (Å²) in [6, 6.07) is 12.6. The summed E-state index contributed by atoms with van der Waals surface area (Å²) in [6.07, 6.45) is -4.00. The first-order valence-corrected chi connectivity index (χ1v) is 8.78. The fourth-order valence-corrected chi connectivity index (χ4v) is 2.67. The molecule has 1 aromatic heterocycles. The number of rotatable bonds is 5. The first kappa shape index (κ1) is 20.3. The molecule has 1 heterocycles. The number of para-hydroxylation sites is 1. The van der Waals surface area contributed by atoms with E-state index in [4.69, 9.17) is 0 Å². The van der Waals surface area contributed by atoms with Crippen molar-refractivity contribution < 1.29 is 27.8 Å². The third-order valence-electron chi connectivity index (χ3n) is 4.23. The molecule has 0 aliphatic heterocycles. The van der Waals surface area contributed by atoms with Gasteiger partial charge in [0.1, 0.15) is 5.75 Å². The predicted octanol–water partition coefficient (Wildman–Crippen LogP) is 5.01. The van der Waals surface area contributed by atoms with E-state index < -0.39 is 18.2 Å². The first-order chi connectivity index (χ1) is 13.8. The molecule has 0 amide bonds. The topological polar surface area (TPSA) is 72.3 Å². The van der Waals surface area contributed by atoms with Gasteiger partial charge in [-0.15, -0.1) is 0 Å². The maximum absolute atomic E-state index is 12.8. The Morgan fingerprint density at radius 3 is 2.21 bits per heavy atom. The van der Waals surface area contributed by atoms with Crippen LogP contribution in [0.4, 0.5) is 13.2 Å². The molecule has 0 fully saturated rings. The second-order valence-corrected chi connectivity index (χ2v) is 6.23. The van der Waals surface area contributed by atoms with Crippen LogP contribution in [0, 0.1) is 0 Å². The highest BCUT2D eigenvalue weighted by molar-refractivity contribution is 5.90. The maximum Gasteiger partial charge on any atom is 0.425 e. The Morgan fingerprint density at radius 1 is 1.03 bits per heavy atom. The number of ether oxygens (including phenoxy) is 1. The molecule has 8 heteroatoms. The van der Waals surface area contributed by atoms with Gasteiger partial charge in [-0.3, -0.25) is 0 Å². The molecular weight excluding hydrogens is 385 g/mol. The second kappa shape index (κ2) is 8.30. The Bertz CT molecular complexity index is 987. The van der Waals surface area contributed by atoms with Crippen molar-refractivity contribution in [2.75, 3.05) is 0 Å². The molecule has 0 aliphatic carbocycles. The van der Waals surface area contributed by atoms with E-state index in [1.807, 2.05) is 0 Å². The summed E-state index contributed by atoms with van der Waals surface area (Å²) in [6.45, 7) is 1.30. The Hall–Kier alpha value is -3.42. The molecule has 29 heavy (non-hydrogen) atoms. The number of phenolic OH excluding ortho intramolecular Hbond substituents is 1. The van der Waals surface area contributed by atoms with Crippen LogP contribution >= 0.6 is 0 Å². The summed E-state index contributed by atoms with van der Waals surface area (Å²) >= 11 is 0. The third-order valence-corrected chi connectivity index (χ3v) is 4.23. The number of phenols is 1. The van der Waals surface area contributed by atoms with E-state index >= 15 is 0 Å². The van der Waals surface area contributed by atoms with Gasteiger partial charge in [-0.05, 0) is 24.6 Å². The molecule has 0 spiro atoms. The fourth-order valence-electron chi connectivity index (χ4n) is 2.67. The molecule has 1 unspecified atom stereocenters. The van der Waals surface area contributed by atoms with Crippen molar-refractivity contribution in [1.82, 2.24) is 9.97 Å². The van der Waals surface area contributed by atoms with Crippen LogP contribution in [0.25, 0.3) is 22.5 Å². The van der Waals surface area contributed by atoms with Gasteiger partial charge in [0.25, 0.3) is 0 Å². The number of benzene rings is 2. The van der Waals surface area contributed by atoms with E-state index in [1.54, 1.807) is 36.7 Å². The summed E-state index contributed by atoms with van der Waals surface area (Å²) in [4.78, 5) is 20.5. The molecule has 0 saturated heterocycles. The molecule has 0 aliphatic rings. The Kier molecular flexibility index (Phi) is 5.81. The summed E-state index contributed by atoms with van der Waals surface area (Å²) in [5.41, 5.74) is 1.80.